The van der Waals surface area contributed by atoms with E-state index in [1.54, 1.807) is 7.11 Å². The molecule has 0 aromatic carbocycles. The van der Waals surface area contributed by atoms with Crippen molar-refractivity contribution in [3.05, 3.63) is 0 Å². The maximum atomic E-state index is 11.4. The van der Waals surface area contributed by atoms with Crippen molar-refractivity contribution >= 4 is 11.9 Å². The van der Waals surface area contributed by atoms with Gasteiger partial charge in [-0.25, -0.2) is 4.79 Å². The van der Waals surface area contributed by atoms with Gasteiger partial charge in [-0.3, -0.25) is 4.79 Å². The van der Waals surface area contributed by atoms with Crippen LogP contribution in [0.15, 0.2) is 0 Å². The van der Waals surface area contributed by atoms with E-state index in [9.17, 15) is 9.59 Å². The first-order valence-corrected chi connectivity index (χ1v) is 5.75. The Hall–Kier alpha value is -1.14. The number of hydrogen-bond acceptors (Lipinski definition) is 4. The Morgan fingerprint density at radius 1 is 1.47 bits per heavy atom. The third-order valence-corrected chi connectivity index (χ3v) is 2.73. The Kier molecular flexibility index (Phi) is 5.93. The highest BCUT2D eigenvalue weighted by Crippen LogP contribution is 2.18. The van der Waals surface area contributed by atoms with E-state index in [-0.39, 0.29) is 5.91 Å². The molecule has 1 rings (SSSR count). The first-order chi connectivity index (χ1) is 8.16. The molecule has 0 saturated carbocycles. The Balaban J connectivity index is 2.20. The number of ether oxygens (including phenoxy) is 2. The molecule has 98 valence electrons. The topological polar surface area (TPSA) is 76.1 Å². The van der Waals surface area contributed by atoms with Crippen LogP contribution in [0, 0.1) is 0 Å². The van der Waals surface area contributed by atoms with E-state index >= 15 is 0 Å². The number of carbonyl (C=O) groups is 2. The molecule has 1 atom stereocenters. The highest BCUT2D eigenvalue weighted by molar-refractivity contribution is 5.87. The molecule has 1 saturated heterocycles. The van der Waals surface area contributed by atoms with Gasteiger partial charge in [-0.05, 0) is 12.8 Å². The normalized spacial score (nSPS) is 19.9. The van der Waals surface area contributed by atoms with E-state index in [0.29, 0.717) is 39.2 Å². The third kappa shape index (κ3) is 4.32. The van der Waals surface area contributed by atoms with Crippen molar-refractivity contribution in [3.8, 4) is 0 Å². The fourth-order valence-electron chi connectivity index (χ4n) is 1.84. The molecule has 0 bridgehead atoms. The Morgan fingerprint density at radius 2 is 2.24 bits per heavy atom. The summed E-state index contributed by atoms with van der Waals surface area (Å²) < 4.78 is 10.2. The smallest absolute Gasteiger partial charge is 0.326 e. The largest absolute Gasteiger partial charge is 0.480 e. The molecule has 1 unspecified atom stereocenters. The molecule has 17 heavy (non-hydrogen) atoms. The van der Waals surface area contributed by atoms with Crippen LogP contribution in [0.4, 0.5) is 0 Å². The second-order valence-corrected chi connectivity index (χ2v) is 3.94. The van der Waals surface area contributed by atoms with E-state index in [2.05, 4.69) is 0 Å². The number of nitrogens with zero attached hydrogens (tertiary/aromatic N) is 1. The molecule has 1 fully saturated rings. The summed E-state index contributed by atoms with van der Waals surface area (Å²) in [5.41, 5.74) is 0. The summed E-state index contributed by atoms with van der Waals surface area (Å²) in [6.07, 6.45) is 1.52. The number of amides is 1. The zero-order chi connectivity index (χ0) is 12.7. The van der Waals surface area contributed by atoms with E-state index in [0.717, 1.165) is 6.42 Å². The van der Waals surface area contributed by atoms with Crippen molar-refractivity contribution in [2.24, 2.45) is 0 Å². The summed E-state index contributed by atoms with van der Waals surface area (Å²) in [6.45, 7) is 1.93. The third-order valence-electron chi connectivity index (χ3n) is 2.73. The minimum Gasteiger partial charge on any atom is -0.480 e. The second-order valence-electron chi connectivity index (χ2n) is 3.94. The maximum Gasteiger partial charge on any atom is 0.326 e. The zero-order valence-electron chi connectivity index (χ0n) is 10.1. The molecule has 0 spiro atoms. The van der Waals surface area contributed by atoms with Gasteiger partial charge in [0.05, 0.1) is 6.61 Å². The van der Waals surface area contributed by atoms with Crippen LogP contribution >= 0.6 is 0 Å². The summed E-state index contributed by atoms with van der Waals surface area (Å²) in [4.78, 5) is 23.7. The number of carboxylic acids is 1. The summed E-state index contributed by atoms with van der Waals surface area (Å²) in [5, 5.41) is 8.92. The summed E-state index contributed by atoms with van der Waals surface area (Å²) >= 11 is 0. The average molecular weight is 245 g/mol. The van der Waals surface area contributed by atoms with Crippen LogP contribution in [0.2, 0.25) is 0 Å². The lowest BCUT2D eigenvalue weighted by atomic mass is 10.2. The van der Waals surface area contributed by atoms with E-state index < -0.39 is 12.0 Å². The molecule has 1 heterocycles. The van der Waals surface area contributed by atoms with Gasteiger partial charge in [-0.15, -0.1) is 0 Å². The van der Waals surface area contributed by atoms with Gasteiger partial charge in [0, 0.05) is 33.3 Å². The standard InChI is InChI=1S/C11H19NO5/c1-16-6-2-7-17-8-5-12-9(11(14)15)3-4-10(12)13/h9H,2-8H2,1H3,(H,14,15). The van der Waals surface area contributed by atoms with Crippen LogP contribution < -0.4 is 0 Å². The molecule has 0 radical (unpaired) electrons. The fraction of sp³-hybridized carbons (Fsp3) is 0.818. The quantitative estimate of drug-likeness (QED) is 0.614. The van der Waals surface area contributed by atoms with Crippen molar-refractivity contribution < 1.29 is 24.2 Å². The van der Waals surface area contributed by atoms with Gasteiger partial charge < -0.3 is 19.5 Å². The molecular weight excluding hydrogens is 226 g/mol. The van der Waals surface area contributed by atoms with Crippen molar-refractivity contribution in [2.75, 3.05) is 33.5 Å². The average Bonchev–Trinajstić information content (AvgIpc) is 2.65. The predicted molar refractivity (Wildman–Crippen MR) is 59.7 cm³/mol. The Morgan fingerprint density at radius 3 is 2.88 bits per heavy atom. The van der Waals surface area contributed by atoms with Gasteiger partial charge in [0.2, 0.25) is 5.91 Å². The molecule has 0 aliphatic carbocycles. The molecular formula is C11H19NO5. The van der Waals surface area contributed by atoms with Crippen molar-refractivity contribution in [1.82, 2.24) is 4.90 Å². The maximum absolute atomic E-state index is 11.4. The van der Waals surface area contributed by atoms with Crippen molar-refractivity contribution in [3.63, 3.8) is 0 Å². The predicted octanol–water partition coefficient (Wildman–Crippen LogP) is 0.115. The van der Waals surface area contributed by atoms with E-state index in [1.165, 1.54) is 4.90 Å². The Labute approximate surface area is 100 Å². The van der Waals surface area contributed by atoms with Gasteiger partial charge in [0.15, 0.2) is 0 Å². The molecule has 6 nitrogen and oxygen atoms in total. The van der Waals surface area contributed by atoms with Crippen LogP contribution in [-0.2, 0) is 19.1 Å². The van der Waals surface area contributed by atoms with Crippen LogP contribution in [0.5, 0.6) is 0 Å². The van der Waals surface area contributed by atoms with Crippen LogP contribution in [0.3, 0.4) is 0 Å². The lowest BCUT2D eigenvalue weighted by Crippen LogP contribution is -2.40. The van der Waals surface area contributed by atoms with Gasteiger partial charge in [-0.2, -0.15) is 0 Å². The number of hydrogen-bond donors (Lipinski definition) is 1. The van der Waals surface area contributed by atoms with Gasteiger partial charge in [0.1, 0.15) is 6.04 Å². The fourth-order valence-corrected chi connectivity index (χ4v) is 1.84. The number of likely N-dealkylation sites (tertiary alicyclic amines) is 1. The first kappa shape index (κ1) is 13.9. The van der Waals surface area contributed by atoms with Gasteiger partial charge in [-0.1, -0.05) is 0 Å². The van der Waals surface area contributed by atoms with Crippen LogP contribution in [0.1, 0.15) is 19.3 Å². The zero-order valence-corrected chi connectivity index (χ0v) is 10.1. The molecule has 1 aliphatic rings. The number of aliphatic carboxylic acids is 1. The minimum atomic E-state index is -0.935. The monoisotopic (exact) mass is 245 g/mol. The summed E-state index contributed by atoms with van der Waals surface area (Å²) in [7, 11) is 1.63. The second kappa shape index (κ2) is 7.24. The molecule has 0 aromatic heterocycles. The molecule has 6 heteroatoms. The lowest BCUT2D eigenvalue weighted by Gasteiger charge is -2.21. The highest BCUT2D eigenvalue weighted by atomic mass is 16.5. The summed E-state index contributed by atoms with van der Waals surface area (Å²) in [5.74, 6) is -1.03. The number of carboxylic acid groups (broad SMARTS) is 1. The highest BCUT2D eigenvalue weighted by Gasteiger charge is 2.35. The van der Waals surface area contributed by atoms with Crippen LogP contribution in [-0.4, -0.2) is 61.4 Å². The van der Waals surface area contributed by atoms with Crippen molar-refractivity contribution in [1.29, 1.82) is 0 Å². The molecule has 0 aromatic rings. The number of rotatable bonds is 8. The summed E-state index contributed by atoms with van der Waals surface area (Å²) in [6, 6.07) is -0.676. The van der Waals surface area contributed by atoms with E-state index in [4.69, 9.17) is 14.6 Å². The molecule has 1 amide bonds. The first-order valence-electron chi connectivity index (χ1n) is 5.75. The van der Waals surface area contributed by atoms with Crippen LogP contribution in [0.25, 0.3) is 0 Å². The number of carbonyl (C=O) groups excluding carboxylic acids is 1. The lowest BCUT2D eigenvalue weighted by molar-refractivity contribution is -0.146. The molecule has 1 N–H and O–H groups in total. The minimum absolute atomic E-state index is 0.0992. The SMILES string of the molecule is COCCCOCCN1C(=O)CCC1C(=O)O. The number of methoxy groups -OCH3 is 1. The van der Waals surface area contributed by atoms with Gasteiger partial charge in [0.25, 0.3) is 0 Å². The van der Waals surface area contributed by atoms with Crippen molar-refractivity contribution in [2.45, 2.75) is 25.3 Å². The van der Waals surface area contributed by atoms with Gasteiger partial charge >= 0.3 is 5.97 Å². The molecule has 1 aliphatic heterocycles. The Bertz CT molecular complexity index is 269. The van der Waals surface area contributed by atoms with E-state index in [1.807, 2.05) is 0 Å².